The summed E-state index contributed by atoms with van der Waals surface area (Å²) in [5.41, 5.74) is 2.80. The Morgan fingerprint density at radius 1 is 0.913 bits per heavy atom. The van der Waals surface area contributed by atoms with Crippen LogP contribution in [0.2, 0.25) is 0 Å². The molecular weight excluding hydrogens is 306 g/mol. The van der Waals surface area contributed by atoms with Gasteiger partial charge in [0, 0.05) is 5.56 Å². The van der Waals surface area contributed by atoms with Crippen LogP contribution >= 0.6 is 11.3 Å². The first-order valence-electron chi connectivity index (χ1n) is 7.20. The van der Waals surface area contributed by atoms with Crippen LogP contribution in [-0.4, -0.2) is 4.98 Å². The number of hydrogen-bond acceptors (Lipinski definition) is 4. The molecule has 4 heterocycles. The maximum absolute atomic E-state index is 5.53. The van der Waals surface area contributed by atoms with Gasteiger partial charge >= 0.3 is 0 Å². The van der Waals surface area contributed by atoms with E-state index in [9.17, 15) is 0 Å². The highest BCUT2D eigenvalue weighted by Crippen LogP contribution is 2.29. The Kier molecular flexibility index (Phi) is 3.66. The van der Waals surface area contributed by atoms with Crippen molar-refractivity contribution >= 4 is 23.5 Å². The van der Waals surface area contributed by atoms with E-state index in [4.69, 9.17) is 13.8 Å². The maximum Gasteiger partial charge on any atom is 0.134 e. The van der Waals surface area contributed by atoms with Gasteiger partial charge in [0.1, 0.15) is 11.5 Å². The van der Waals surface area contributed by atoms with Crippen molar-refractivity contribution in [3.05, 3.63) is 77.9 Å². The SMILES string of the molecule is C(=C\c1ccco1)/c1cc(-c2ccco2)cc(-c2cccs2)n1. The van der Waals surface area contributed by atoms with Gasteiger partial charge < -0.3 is 8.83 Å². The first kappa shape index (κ1) is 13.8. The van der Waals surface area contributed by atoms with E-state index in [0.29, 0.717) is 0 Å². The highest BCUT2D eigenvalue weighted by atomic mass is 32.1. The predicted molar refractivity (Wildman–Crippen MR) is 92.9 cm³/mol. The van der Waals surface area contributed by atoms with Gasteiger partial charge in [0.05, 0.1) is 28.8 Å². The zero-order valence-corrected chi connectivity index (χ0v) is 13.0. The van der Waals surface area contributed by atoms with Crippen molar-refractivity contribution in [3.63, 3.8) is 0 Å². The van der Waals surface area contributed by atoms with Gasteiger partial charge in [-0.25, -0.2) is 4.98 Å². The average Bonchev–Trinajstić information content (AvgIpc) is 3.36. The molecule has 0 aliphatic heterocycles. The molecule has 0 spiro atoms. The normalized spacial score (nSPS) is 11.3. The molecule has 0 atom stereocenters. The Hall–Kier alpha value is -2.85. The van der Waals surface area contributed by atoms with Crippen LogP contribution < -0.4 is 0 Å². The third kappa shape index (κ3) is 3.03. The number of furan rings is 2. The molecule has 0 aromatic carbocycles. The molecule has 3 nitrogen and oxygen atoms in total. The lowest BCUT2D eigenvalue weighted by atomic mass is 10.1. The third-order valence-corrected chi connectivity index (χ3v) is 4.28. The molecule has 0 saturated carbocycles. The van der Waals surface area contributed by atoms with Crippen molar-refractivity contribution in [1.82, 2.24) is 4.98 Å². The van der Waals surface area contributed by atoms with Crippen LogP contribution in [0.1, 0.15) is 11.5 Å². The second-order valence-corrected chi connectivity index (χ2v) is 5.92. The lowest BCUT2D eigenvalue weighted by Crippen LogP contribution is -1.88. The van der Waals surface area contributed by atoms with Crippen LogP contribution in [0.25, 0.3) is 34.0 Å². The van der Waals surface area contributed by atoms with Crippen LogP contribution in [0.4, 0.5) is 0 Å². The molecule has 0 amide bonds. The first-order chi connectivity index (χ1) is 11.4. The lowest BCUT2D eigenvalue weighted by molar-refractivity contribution is 0.557. The molecule has 0 saturated heterocycles. The molecule has 0 unspecified atom stereocenters. The second-order valence-electron chi connectivity index (χ2n) is 4.97. The van der Waals surface area contributed by atoms with Crippen LogP contribution in [0.15, 0.2) is 75.3 Å². The highest BCUT2D eigenvalue weighted by Gasteiger charge is 2.08. The number of hydrogen-bond donors (Lipinski definition) is 0. The van der Waals surface area contributed by atoms with Crippen molar-refractivity contribution < 1.29 is 8.83 Å². The number of pyridine rings is 1. The summed E-state index contributed by atoms with van der Waals surface area (Å²) in [7, 11) is 0. The minimum atomic E-state index is 0.799. The molecule has 0 fully saturated rings. The van der Waals surface area contributed by atoms with E-state index in [2.05, 4.69) is 17.5 Å². The van der Waals surface area contributed by atoms with E-state index in [1.165, 1.54) is 0 Å². The Labute approximate surface area is 137 Å². The quantitative estimate of drug-likeness (QED) is 0.475. The van der Waals surface area contributed by atoms with Crippen LogP contribution in [0.5, 0.6) is 0 Å². The maximum atomic E-state index is 5.53. The van der Waals surface area contributed by atoms with Gasteiger partial charge in [-0.05, 0) is 60.0 Å². The van der Waals surface area contributed by atoms with Crippen LogP contribution in [-0.2, 0) is 0 Å². The Morgan fingerprint density at radius 2 is 1.83 bits per heavy atom. The van der Waals surface area contributed by atoms with E-state index in [1.54, 1.807) is 23.9 Å². The van der Waals surface area contributed by atoms with E-state index in [1.807, 2.05) is 48.6 Å². The molecular formula is C19H13NO2S. The van der Waals surface area contributed by atoms with Gasteiger partial charge in [0.25, 0.3) is 0 Å². The number of aromatic nitrogens is 1. The van der Waals surface area contributed by atoms with E-state index >= 15 is 0 Å². The summed E-state index contributed by atoms with van der Waals surface area (Å²) < 4.78 is 10.9. The van der Waals surface area contributed by atoms with E-state index in [-0.39, 0.29) is 0 Å². The molecule has 4 rings (SSSR count). The molecule has 0 bridgehead atoms. The van der Waals surface area contributed by atoms with Gasteiger partial charge in [-0.2, -0.15) is 0 Å². The smallest absolute Gasteiger partial charge is 0.134 e. The zero-order valence-electron chi connectivity index (χ0n) is 12.2. The Bertz CT molecular complexity index is 852. The summed E-state index contributed by atoms with van der Waals surface area (Å²) in [5, 5.41) is 2.05. The van der Waals surface area contributed by atoms with Crippen molar-refractivity contribution in [2.45, 2.75) is 0 Å². The minimum Gasteiger partial charge on any atom is -0.465 e. The molecule has 4 heteroatoms. The molecule has 23 heavy (non-hydrogen) atoms. The highest BCUT2D eigenvalue weighted by molar-refractivity contribution is 7.13. The molecule has 4 aromatic rings. The molecule has 112 valence electrons. The summed E-state index contributed by atoms with van der Waals surface area (Å²) in [6.45, 7) is 0. The zero-order chi connectivity index (χ0) is 15.5. The topological polar surface area (TPSA) is 39.2 Å². The fourth-order valence-electron chi connectivity index (χ4n) is 2.33. The van der Waals surface area contributed by atoms with E-state index < -0.39 is 0 Å². The summed E-state index contributed by atoms with van der Waals surface area (Å²) in [4.78, 5) is 5.86. The molecule has 4 aromatic heterocycles. The standard InChI is InChI=1S/C19H13NO2S/c1-4-16(21-9-1)8-7-15-12-14(18-5-2-10-22-18)13-17(20-15)19-6-3-11-23-19/h1-13H/b8-7+. The van der Waals surface area contributed by atoms with Crippen LogP contribution in [0.3, 0.4) is 0 Å². The van der Waals surface area contributed by atoms with Crippen molar-refractivity contribution in [2.75, 3.05) is 0 Å². The fraction of sp³-hybridized carbons (Fsp3) is 0. The Balaban J connectivity index is 1.78. The minimum absolute atomic E-state index is 0.799. The van der Waals surface area contributed by atoms with Crippen LogP contribution in [0, 0.1) is 0 Å². The summed E-state index contributed by atoms with van der Waals surface area (Å²) >= 11 is 1.67. The van der Waals surface area contributed by atoms with E-state index in [0.717, 1.165) is 33.3 Å². The van der Waals surface area contributed by atoms with Gasteiger partial charge in [0.2, 0.25) is 0 Å². The van der Waals surface area contributed by atoms with Gasteiger partial charge in [-0.15, -0.1) is 11.3 Å². The van der Waals surface area contributed by atoms with Crippen molar-refractivity contribution in [3.8, 4) is 21.9 Å². The molecule has 0 aliphatic carbocycles. The number of thiophene rings is 1. The predicted octanol–water partition coefficient (Wildman–Crippen LogP) is 5.83. The summed E-state index contributed by atoms with van der Waals surface area (Å²) in [6, 6.07) is 15.8. The molecule has 0 N–H and O–H groups in total. The fourth-order valence-corrected chi connectivity index (χ4v) is 3.01. The second kappa shape index (κ2) is 6.10. The summed E-state index contributed by atoms with van der Waals surface area (Å²) in [5.74, 6) is 1.63. The third-order valence-electron chi connectivity index (χ3n) is 3.39. The largest absolute Gasteiger partial charge is 0.465 e. The van der Waals surface area contributed by atoms with Gasteiger partial charge in [-0.3, -0.25) is 0 Å². The molecule has 0 radical (unpaired) electrons. The first-order valence-corrected chi connectivity index (χ1v) is 8.08. The van der Waals surface area contributed by atoms with Gasteiger partial charge in [0.15, 0.2) is 0 Å². The monoisotopic (exact) mass is 319 g/mol. The van der Waals surface area contributed by atoms with Crippen molar-refractivity contribution in [1.29, 1.82) is 0 Å². The van der Waals surface area contributed by atoms with Crippen molar-refractivity contribution in [2.24, 2.45) is 0 Å². The summed E-state index contributed by atoms with van der Waals surface area (Å²) in [6.07, 6.45) is 7.19. The van der Waals surface area contributed by atoms with Gasteiger partial charge in [-0.1, -0.05) is 6.07 Å². The molecule has 0 aliphatic rings. The average molecular weight is 319 g/mol. The Morgan fingerprint density at radius 3 is 2.57 bits per heavy atom. The number of nitrogens with zero attached hydrogens (tertiary/aromatic N) is 1. The number of rotatable bonds is 4. The lowest BCUT2D eigenvalue weighted by Gasteiger charge is -2.04.